The van der Waals surface area contributed by atoms with Crippen LogP contribution in [0, 0.1) is 5.51 Å². The van der Waals surface area contributed by atoms with Crippen LogP contribution in [0.5, 0.6) is 0 Å². The molecule has 0 aliphatic carbocycles. The maximum Gasteiger partial charge on any atom is 0.170 e. The minimum Gasteiger partial charge on any atom is -0.254 e. The molecule has 4 nitrogen and oxygen atoms in total. The second-order valence-corrected chi connectivity index (χ2v) is 5.36. The first-order valence-corrected chi connectivity index (χ1v) is 6.93. The van der Waals surface area contributed by atoms with E-state index in [-0.39, 0.29) is 0 Å². The average molecular weight is 269 g/mol. The fraction of sp³-hybridized carbons (Fsp3) is 0. The van der Waals surface area contributed by atoms with Gasteiger partial charge in [0.2, 0.25) is 0 Å². The molecule has 0 atom stereocenters. The highest BCUT2D eigenvalue weighted by Gasteiger charge is 2.12. The minimum absolute atomic E-state index is 0.760. The molecular weight excluding hydrogens is 264 g/mol. The van der Waals surface area contributed by atoms with E-state index in [1.807, 2.05) is 12.1 Å². The highest BCUT2D eigenvalue weighted by atomic mass is 32.1. The van der Waals surface area contributed by atoms with Crippen molar-refractivity contribution in [2.45, 2.75) is 0 Å². The molecule has 0 aliphatic heterocycles. The fourth-order valence-corrected chi connectivity index (χ4v) is 3.27. The summed E-state index contributed by atoms with van der Waals surface area (Å²) >= 11 is 3.07. The van der Waals surface area contributed by atoms with Crippen LogP contribution in [0.1, 0.15) is 0 Å². The van der Waals surface area contributed by atoms with Crippen LogP contribution >= 0.6 is 22.7 Å². The summed E-state index contributed by atoms with van der Waals surface area (Å²) in [5.41, 5.74) is 8.28. The molecule has 0 spiro atoms. The Morgan fingerprint density at radius 3 is 3.00 bits per heavy atom. The van der Waals surface area contributed by atoms with Crippen molar-refractivity contribution in [3.8, 4) is 11.3 Å². The van der Waals surface area contributed by atoms with Crippen LogP contribution in [-0.4, -0.2) is 19.9 Å². The monoisotopic (exact) mass is 269 g/mol. The van der Waals surface area contributed by atoms with Gasteiger partial charge in [0.25, 0.3) is 0 Å². The van der Waals surface area contributed by atoms with Crippen molar-refractivity contribution in [3.05, 3.63) is 35.5 Å². The largest absolute Gasteiger partial charge is 0.254 e. The number of thiazole rings is 2. The quantitative estimate of drug-likeness (QED) is 0.532. The molecular formula is C12H5N4S2. The summed E-state index contributed by atoms with van der Waals surface area (Å²) in [6.45, 7) is 0. The minimum atomic E-state index is 0.760. The normalized spacial score (nSPS) is 11.3. The molecule has 0 unspecified atom stereocenters. The number of hydrogen-bond donors (Lipinski definition) is 0. The van der Waals surface area contributed by atoms with Crippen molar-refractivity contribution in [1.82, 2.24) is 19.9 Å². The van der Waals surface area contributed by atoms with Gasteiger partial charge in [-0.3, -0.25) is 4.98 Å². The van der Waals surface area contributed by atoms with Crippen molar-refractivity contribution in [2.75, 3.05) is 0 Å². The Hall–Kier alpha value is -1.92. The van der Waals surface area contributed by atoms with Gasteiger partial charge in [-0.1, -0.05) is 0 Å². The predicted molar refractivity (Wildman–Crippen MR) is 72.7 cm³/mol. The van der Waals surface area contributed by atoms with E-state index < -0.39 is 0 Å². The lowest BCUT2D eigenvalue weighted by Gasteiger charge is -2.02. The van der Waals surface area contributed by atoms with Gasteiger partial charge in [0.15, 0.2) is 11.2 Å². The molecule has 0 N–H and O–H groups in total. The van der Waals surface area contributed by atoms with Crippen LogP contribution in [0.3, 0.4) is 0 Å². The van der Waals surface area contributed by atoms with Crippen molar-refractivity contribution in [3.63, 3.8) is 0 Å². The van der Waals surface area contributed by atoms with E-state index in [2.05, 4.69) is 25.4 Å². The zero-order chi connectivity index (χ0) is 11.9. The molecule has 0 saturated carbocycles. The van der Waals surface area contributed by atoms with Crippen molar-refractivity contribution < 1.29 is 0 Å². The van der Waals surface area contributed by atoms with Crippen LogP contribution in [-0.2, 0) is 0 Å². The molecule has 0 saturated heterocycles. The lowest BCUT2D eigenvalue weighted by molar-refractivity contribution is 1.31. The van der Waals surface area contributed by atoms with E-state index in [4.69, 9.17) is 0 Å². The van der Waals surface area contributed by atoms with Crippen molar-refractivity contribution >= 4 is 43.2 Å². The van der Waals surface area contributed by atoms with Gasteiger partial charge in [0.1, 0.15) is 5.52 Å². The van der Waals surface area contributed by atoms with Crippen molar-refractivity contribution in [1.29, 1.82) is 0 Å². The predicted octanol–water partition coefficient (Wildman–Crippen LogP) is 3.16. The van der Waals surface area contributed by atoms with Crippen LogP contribution in [0.25, 0.3) is 31.8 Å². The summed E-state index contributed by atoms with van der Waals surface area (Å²) in [4.78, 5) is 17.2. The topological polar surface area (TPSA) is 51.6 Å². The van der Waals surface area contributed by atoms with E-state index in [1.54, 1.807) is 29.2 Å². The van der Waals surface area contributed by atoms with Gasteiger partial charge in [-0.05, 0) is 12.1 Å². The van der Waals surface area contributed by atoms with Gasteiger partial charge in [-0.15, -0.1) is 22.7 Å². The molecule has 6 heteroatoms. The molecule has 4 aromatic heterocycles. The van der Waals surface area contributed by atoms with E-state index in [0.717, 1.165) is 31.8 Å². The maximum atomic E-state index is 4.45. The molecule has 1 radical (unpaired) electrons. The number of fused-ring (bicyclic) bond motifs is 2. The van der Waals surface area contributed by atoms with Gasteiger partial charge in [-0.2, -0.15) is 0 Å². The zero-order valence-electron chi connectivity index (χ0n) is 8.99. The average Bonchev–Trinajstić information content (AvgIpc) is 3.06. The molecule has 4 heterocycles. The van der Waals surface area contributed by atoms with Crippen LogP contribution in [0.4, 0.5) is 0 Å². The third kappa shape index (κ3) is 1.36. The first-order chi connectivity index (χ1) is 8.93. The van der Waals surface area contributed by atoms with E-state index in [0.29, 0.717) is 0 Å². The molecule has 85 valence electrons. The van der Waals surface area contributed by atoms with E-state index in [1.165, 1.54) is 11.3 Å². The first kappa shape index (κ1) is 10.0. The summed E-state index contributed by atoms with van der Waals surface area (Å²) < 4.78 is 2.14. The van der Waals surface area contributed by atoms with Gasteiger partial charge in [0, 0.05) is 18.0 Å². The summed E-state index contributed by atoms with van der Waals surface area (Å²) in [6.07, 6.45) is 3.56. The second-order valence-electron chi connectivity index (χ2n) is 3.68. The SMILES string of the molecule is [c]1nc2c(-c3ccnc4ncsc34)nccc2s1. The Bertz CT molecular complexity index is 777. The smallest absolute Gasteiger partial charge is 0.170 e. The molecule has 0 fully saturated rings. The Morgan fingerprint density at radius 2 is 2.00 bits per heavy atom. The summed E-state index contributed by atoms with van der Waals surface area (Å²) in [5, 5.41) is 0. The van der Waals surface area contributed by atoms with Crippen LogP contribution in [0.2, 0.25) is 0 Å². The highest BCUT2D eigenvalue weighted by Crippen LogP contribution is 2.33. The van der Waals surface area contributed by atoms with Gasteiger partial charge < -0.3 is 0 Å². The summed E-state index contributed by atoms with van der Waals surface area (Å²) in [5.74, 6) is 0. The maximum absolute atomic E-state index is 4.45. The van der Waals surface area contributed by atoms with E-state index in [9.17, 15) is 0 Å². The van der Waals surface area contributed by atoms with Gasteiger partial charge in [-0.25, -0.2) is 15.0 Å². The third-order valence-corrected chi connectivity index (χ3v) is 4.27. The number of aromatic nitrogens is 4. The number of pyridine rings is 2. The van der Waals surface area contributed by atoms with Crippen molar-refractivity contribution in [2.24, 2.45) is 0 Å². The molecule has 0 amide bonds. The fourth-order valence-electron chi connectivity index (χ4n) is 1.90. The standard InChI is InChI=1S/C12H5N4S2/c1-3-14-12-11(18-6-16-12)7(1)9-10-8(2-4-13-9)17-5-15-10/h1-4,6H. The summed E-state index contributed by atoms with van der Waals surface area (Å²) in [6, 6.07) is 3.92. The molecule has 0 bridgehead atoms. The molecule has 18 heavy (non-hydrogen) atoms. The Kier molecular flexibility index (Phi) is 2.12. The summed E-state index contributed by atoms with van der Waals surface area (Å²) in [7, 11) is 0. The Morgan fingerprint density at radius 1 is 1.06 bits per heavy atom. The third-order valence-electron chi connectivity index (χ3n) is 2.69. The van der Waals surface area contributed by atoms with Gasteiger partial charge in [0.05, 0.1) is 20.6 Å². The van der Waals surface area contributed by atoms with Crippen LogP contribution < -0.4 is 0 Å². The molecule has 0 aliphatic rings. The Labute approximate surface area is 110 Å². The number of rotatable bonds is 1. The van der Waals surface area contributed by atoms with Crippen LogP contribution in [0.15, 0.2) is 30.0 Å². The highest BCUT2D eigenvalue weighted by molar-refractivity contribution is 7.17. The first-order valence-electron chi connectivity index (χ1n) is 5.23. The molecule has 0 aromatic carbocycles. The van der Waals surface area contributed by atoms with Gasteiger partial charge >= 0.3 is 0 Å². The van der Waals surface area contributed by atoms with E-state index >= 15 is 0 Å². The lowest BCUT2D eigenvalue weighted by atomic mass is 10.1. The molecule has 4 rings (SSSR count). The number of hydrogen-bond acceptors (Lipinski definition) is 6. The number of nitrogens with zero attached hydrogens (tertiary/aromatic N) is 4. The Balaban J connectivity index is 2.13. The molecule has 4 aromatic rings. The second kappa shape index (κ2) is 3.79. The zero-order valence-corrected chi connectivity index (χ0v) is 10.6. The lowest BCUT2D eigenvalue weighted by Crippen LogP contribution is -1.86.